The molecule has 5 rings (SSSR count). The Hall–Kier alpha value is -1.92. The fourth-order valence-corrected chi connectivity index (χ4v) is 10.3. The van der Waals surface area contributed by atoms with Gasteiger partial charge in [-0.05, 0) is 110 Å². The highest BCUT2D eigenvalue weighted by molar-refractivity contribution is 5.93. The molecule has 0 heterocycles. The maximum absolute atomic E-state index is 12.8. The van der Waals surface area contributed by atoms with Crippen molar-refractivity contribution >= 4 is 11.8 Å². The molecule has 6 heteroatoms. The van der Waals surface area contributed by atoms with E-state index in [0.29, 0.717) is 65.9 Å². The molecule has 4 N–H and O–H groups in total. The first-order chi connectivity index (χ1) is 19.2. The summed E-state index contributed by atoms with van der Waals surface area (Å²) in [7, 11) is 0. The maximum atomic E-state index is 12.8. The topological polar surface area (TPSA) is 98.7 Å². The van der Waals surface area contributed by atoms with Crippen LogP contribution in [0.2, 0.25) is 0 Å². The number of aliphatic hydroxyl groups excluding tert-OH is 1. The molecule has 2 amide bonds. The average molecular weight is 553 g/mol. The van der Waals surface area contributed by atoms with Crippen LogP contribution in [0.5, 0.6) is 0 Å². The van der Waals surface area contributed by atoms with E-state index in [1.54, 1.807) is 11.6 Å². The summed E-state index contributed by atoms with van der Waals surface area (Å²) in [5.41, 5.74) is 3.77. The Morgan fingerprint density at radius 2 is 1.82 bits per heavy atom. The van der Waals surface area contributed by atoms with Crippen LogP contribution in [0.1, 0.15) is 104 Å². The van der Waals surface area contributed by atoms with E-state index >= 15 is 0 Å². The van der Waals surface area contributed by atoms with Gasteiger partial charge in [0.05, 0.1) is 6.10 Å². The van der Waals surface area contributed by atoms with Gasteiger partial charge in [-0.2, -0.15) is 0 Å². The third kappa shape index (κ3) is 5.60. The highest BCUT2D eigenvalue weighted by Crippen LogP contribution is 2.67. The first-order valence-electron chi connectivity index (χ1n) is 16.1. The Labute approximate surface area is 241 Å². The molecule has 5 aliphatic carbocycles. The number of carbonyl (C=O) groups is 2. The minimum absolute atomic E-state index is 0.0721. The minimum atomic E-state index is -0.502. The Balaban J connectivity index is 1.18. The van der Waals surface area contributed by atoms with Crippen molar-refractivity contribution in [2.45, 2.75) is 110 Å². The van der Waals surface area contributed by atoms with Crippen LogP contribution >= 0.6 is 0 Å². The third-order valence-corrected chi connectivity index (χ3v) is 12.5. The van der Waals surface area contributed by atoms with Gasteiger partial charge in [-0.15, -0.1) is 0 Å². The van der Waals surface area contributed by atoms with Crippen LogP contribution in [-0.4, -0.2) is 34.8 Å². The number of hydrogen-bond donors (Lipinski definition) is 4. The summed E-state index contributed by atoms with van der Waals surface area (Å²) in [4.78, 5) is 24.5. The van der Waals surface area contributed by atoms with E-state index in [4.69, 9.17) is 5.21 Å². The molecular formula is C34H52N2O4. The smallest absolute Gasteiger partial charge is 0.270 e. The number of fused-ring (bicyclic) bond motifs is 5. The molecule has 0 aromatic carbocycles. The van der Waals surface area contributed by atoms with E-state index in [-0.39, 0.29) is 17.4 Å². The summed E-state index contributed by atoms with van der Waals surface area (Å²) in [5, 5.41) is 23.5. The summed E-state index contributed by atoms with van der Waals surface area (Å²) in [6, 6.07) is 0. The summed E-state index contributed by atoms with van der Waals surface area (Å²) in [6.45, 7) is 7.91. The van der Waals surface area contributed by atoms with Gasteiger partial charge in [0.25, 0.3) is 5.91 Å². The second-order valence-corrected chi connectivity index (χ2v) is 14.4. The molecule has 0 bridgehead atoms. The lowest BCUT2D eigenvalue weighted by Crippen LogP contribution is -2.60. The molecule has 0 aromatic heterocycles. The second kappa shape index (κ2) is 12.1. The van der Waals surface area contributed by atoms with E-state index in [2.05, 4.69) is 26.1 Å². The normalized spacial score (nSPS) is 39.8. The number of allylic oxidation sites excluding steroid dienone is 3. The molecule has 0 aromatic rings. The van der Waals surface area contributed by atoms with E-state index in [1.807, 2.05) is 18.2 Å². The van der Waals surface area contributed by atoms with E-state index in [9.17, 15) is 14.7 Å². The standard InChI is InChI=1S/C34H52N2O4/c1-22(13-16-30(38)35-21-23-8-6-9-24(15-14-23)32(39)36-40)26-11-7-12-27-31-28(17-19-34(26,27)3)33(2)18-5-4-10-25(33)20-29(31)37/h6,8,14-15,22,25-29,31,37,40H,4-5,7,9-13,16-21H2,1-3H3,(H,35,38)(H,36,39)/t22-,25?,26?,27?,28?,29?,31?,33?,34?/m1/s1. The largest absolute Gasteiger partial charge is 0.393 e. The molecule has 40 heavy (non-hydrogen) atoms. The van der Waals surface area contributed by atoms with Crippen molar-refractivity contribution in [3.63, 3.8) is 0 Å². The van der Waals surface area contributed by atoms with Gasteiger partial charge in [-0.3, -0.25) is 14.8 Å². The molecule has 0 radical (unpaired) electrons. The van der Waals surface area contributed by atoms with Crippen LogP contribution in [0.4, 0.5) is 0 Å². The van der Waals surface area contributed by atoms with Gasteiger partial charge in [0, 0.05) is 18.5 Å². The van der Waals surface area contributed by atoms with Crippen molar-refractivity contribution in [2.75, 3.05) is 6.54 Å². The molecule has 0 aliphatic heterocycles. The zero-order chi connectivity index (χ0) is 28.5. The van der Waals surface area contributed by atoms with E-state index in [0.717, 1.165) is 18.4 Å². The number of hydroxylamine groups is 1. The zero-order valence-corrected chi connectivity index (χ0v) is 25.0. The van der Waals surface area contributed by atoms with Crippen molar-refractivity contribution in [1.29, 1.82) is 0 Å². The van der Waals surface area contributed by atoms with Crippen molar-refractivity contribution in [3.05, 3.63) is 35.5 Å². The summed E-state index contributed by atoms with van der Waals surface area (Å²) < 4.78 is 0. The maximum Gasteiger partial charge on any atom is 0.270 e. The van der Waals surface area contributed by atoms with Crippen LogP contribution in [0.15, 0.2) is 35.5 Å². The highest BCUT2D eigenvalue weighted by Gasteiger charge is 2.61. The molecule has 0 spiro atoms. The van der Waals surface area contributed by atoms with Crippen LogP contribution < -0.4 is 10.8 Å². The lowest BCUT2D eigenvalue weighted by Gasteiger charge is -2.65. The van der Waals surface area contributed by atoms with Gasteiger partial charge in [0.2, 0.25) is 5.91 Å². The predicted molar refractivity (Wildman–Crippen MR) is 157 cm³/mol. The summed E-state index contributed by atoms with van der Waals surface area (Å²) in [5.74, 6) is 3.11. The van der Waals surface area contributed by atoms with Gasteiger partial charge in [-0.1, -0.05) is 64.3 Å². The molecule has 9 atom stereocenters. The fraction of sp³-hybridized carbons (Fsp3) is 0.765. The fourth-order valence-electron chi connectivity index (χ4n) is 10.3. The number of aliphatic hydroxyl groups is 1. The van der Waals surface area contributed by atoms with Crippen molar-refractivity contribution in [1.82, 2.24) is 10.8 Å². The molecule has 222 valence electrons. The third-order valence-electron chi connectivity index (χ3n) is 12.5. The Morgan fingerprint density at radius 1 is 1.02 bits per heavy atom. The SMILES string of the molecule is C[C@H](CCC(=O)NCC1=CC=C(C(=O)NO)CC=C1)C1CCCC2C3C(O)CC4CCCCC4(C)C3CCC21C. The van der Waals surface area contributed by atoms with E-state index < -0.39 is 5.91 Å². The van der Waals surface area contributed by atoms with Gasteiger partial charge in [0.15, 0.2) is 0 Å². The van der Waals surface area contributed by atoms with Gasteiger partial charge in [0.1, 0.15) is 0 Å². The number of hydrogen-bond acceptors (Lipinski definition) is 4. The van der Waals surface area contributed by atoms with Gasteiger partial charge in [-0.25, -0.2) is 5.48 Å². The predicted octanol–water partition coefficient (Wildman–Crippen LogP) is 6.25. The highest BCUT2D eigenvalue weighted by atomic mass is 16.5. The first-order valence-corrected chi connectivity index (χ1v) is 16.1. The van der Waals surface area contributed by atoms with Crippen LogP contribution in [0.25, 0.3) is 0 Å². The Kier molecular flexibility index (Phi) is 8.97. The second-order valence-electron chi connectivity index (χ2n) is 14.4. The quantitative estimate of drug-likeness (QED) is 0.222. The number of carbonyl (C=O) groups excluding carboxylic acids is 2. The van der Waals surface area contributed by atoms with Crippen molar-refractivity contribution in [3.8, 4) is 0 Å². The molecule has 8 unspecified atom stereocenters. The lowest BCUT2D eigenvalue weighted by atomic mass is 9.40. The van der Waals surface area contributed by atoms with Crippen LogP contribution in [0, 0.1) is 46.3 Å². The first kappa shape index (κ1) is 29.6. The average Bonchev–Trinajstić information content (AvgIpc) is 3.20. The van der Waals surface area contributed by atoms with Crippen LogP contribution in [-0.2, 0) is 9.59 Å². The molecule has 5 aliphatic rings. The summed E-state index contributed by atoms with van der Waals surface area (Å²) >= 11 is 0. The van der Waals surface area contributed by atoms with E-state index in [1.165, 1.54) is 57.8 Å². The Bertz CT molecular complexity index is 1050. The number of amides is 2. The molecule has 6 nitrogen and oxygen atoms in total. The monoisotopic (exact) mass is 552 g/mol. The van der Waals surface area contributed by atoms with Crippen molar-refractivity contribution in [2.24, 2.45) is 46.3 Å². The Morgan fingerprint density at radius 3 is 2.62 bits per heavy atom. The van der Waals surface area contributed by atoms with Crippen LogP contribution in [0.3, 0.4) is 0 Å². The number of rotatable bonds is 7. The van der Waals surface area contributed by atoms with Crippen molar-refractivity contribution < 1.29 is 19.9 Å². The van der Waals surface area contributed by atoms with Gasteiger partial charge >= 0.3 is 0 Å². The van der Waals surface area contributed by atoms with Gasteiger partial charge < -0.3 is 10.4 Å². The number of nitrogens with one attached hydrogen (secondary N) is 2. The molecule has 0 saturated heterocycles. The zero-order valence-electron chi connectivity index (χ0n) is 25.0. The molecule has 4 saturated carbocycles. The lowest BCUT2D eigenvalue weighted by molar-refractivity contribution is -0.188. The molecule has 4 fully saturated rings. The molecular weight excluding hydrogens is 500 g/mol. The minimum Gasteiger partial charge on any atom is -0.393 e. The summed E-state index contributed by atoms with van der Waals surface area (Å²) in [6.07, 6.45) is 21.7.